The number of rotatable bonds is 9. The Morgan fingerprint density at radius 1 is 1.10 bits per heavy atom. The Morgan fingerprint density at radius 3 is 2.15 bits per heavy atom. The zero-order valence-corrected chi connectivity index (χ0v) is 12.7. The number of aliphatic hydroxyl groups is 1. The fourth-order valence-electron chi connectivity index (χ4n) is 2.05. The summed E-state index contributed by atoms with van der Waals surface area (Å²) in [7, 11) is 4.83. The molecular weight excluding hydrogens is 258 g/mol. The molecule has 2 N–H and O–H groups in total. The van der Waals surface area contributed by atoms with Gasteiger partial charge in [0.25, 0.3) is 0 Å². The van der Waals surface area contributed by atoms with Crippen molar-refractivity contribution >= 4 is 0 Å². The summed E-state index contributed by atoms with van der Waals surface area (Å²) in [5.74, 6) is 2.10. The lowest BCUT2D eigenvalue weighted by Crippen LogP contribution is -2.26. The second kappa shape index (κ2) is 8.66. The third kappa shape index (κ3) is 4.58. The topological polar surface area (TPSA) is 60.0 Å². The van der Waals surface area contributed by atoms with Crippen molar-refractivity contribution in [3.63, 3.8) is 0 Å². The molecule has 1 aromatic carbocycles. The van der Waals surface area contributed by atoms with Gasteiger partial charge in [-0.3, -0.25) is 0 Å². The summed E-state index contributed by atoms with van der Waals surface area (Å²) in [5.41, 5.74) is 0.916. The van der Waals surface area contributed by atoms with Crippen molar-refractivity contribution in [2.75, 3.05) is 27.9 Å². The van der Waals surface area contributed by atoms with E-state index >= 15 is 0 Å². The van der Waals surface area contributed by atoms with Crippen LogP contribution in [0.4, 0.5) is 0 Å². The van der Waals surface area contributed by atoms with E-state index in [9.17, 15) is 5.11 Å². The second-order valence-electron chi connectivity index (χ2n) is 4.58. The summed E-state index contributed by atoms with van der Waals surface area (Å²) >= 11 is 0. The normalized spacial score (nSPS) is 12.1. The maximum Gasteiger partial charge on any atom is 0.130 e. The molecule has 0 aliphatic carbocycles. The van der Waals surface area contributed by atoms with Crippen molar-refractivity contribution in [2.45, 2.75) is 32.4 Å². The fraction of sp³-hybridized carbons (Fsp3) is 0.600. The number of hydrogen-bond acceptors (Lipinski definition) is 5. The summed E-state index contributed by atoms with van der Waals surface area (Å²) < 4.78 is 16.0. The summed E-state index contributed by atoms with van der Waals surface area (Å²) in [6, 6.07) is 3.64. The molecule has 1 rings (SSSR count). The van der Waals surface area contributed by atoms with E-state index in [0.717, 1.165) is 18.4 Å². The standard InChI is InChI=1S/C15H25NO4/c1-5-6-11(17)9-16-10-13-14(19-3)7-12(18-2)8-15(13)20-4/h7-8,11,16-17H,5-6,9-10H2,1-4H3. The van der Waals surface area contributed by atoms with E-state index in [1.165, 1.54) is 0 Å². The zero-order chi connectivity index (χ0) is 15.0. The van der Waals surface area contributed by atoms with Gasteiger partial charge in [-0.2, -0.15) is 0 Å². The van der Waals surface area contributed by atoms with Crippen molar-refractivity contribution in [1.82, 2.24) is 5.32 Å². The molecule has 0 radical (unpaired) electrons. The van der Waals surface area contributed by atoms with E-state index in [1.54, 1.807) is 21.3 Å². The smallest absolute Gasteiger partial charge is 0.130 e. The molecule has 0 aliphatic heterocycles. The third-order valence-corrected chi connectivity index (χ3v) is 3.12. The minimum absolute atomic E-state index is 0.324. The molecule has 0 fully saturated rings. The molecule has 0 saturated heterocycles. The Labute approximate surface area is 120 Å². The van der Waals surface area contributed by atoms with Crippen LogP contribution in [-0.2, 0) is 6.54 Å². The lowest BCUT2D eigenvalue weighted by Gasteiger charge is -2.16. The Bertz CT molecular complexity index is 384. The molecule has 0 aliphatic rings. The number of nitrogens with one attached hydrogen (secondary N) is 1. The highest BCUT2D eigenvalue weighted by Gasteiger charge is 2.13. The molecule has 1 atom stereocenters. The molecule has 5 heteroatoms. The number of benzene rings is 1. The van der Waals surface area contributed by atoms with Crippen LogP contribution in [0.25, 0.3) is 0 Å². The fourth-order valence-corrected chi connectivity index (χ4v) is 2.05. The average molecular weight is 283 g/mol. The van der Waals surface area contributed by atoms with E-state index in [2.05, 4.69) is 12.2 Å². The Hall–Kier alpha value is -1.46. The molecule has 0 amide bonds. The van der Waals surface area contributed by atoms with Crippen LogP contribution in [0.3, 0.4) is 0 Å². The summed E-state index contributed by atoms with van der Waals surface area (Å²) in [6.45, 7) is 3.17. The van der Waals surface area contributed by atoms with Gasteiger partial charge in [0.1, 0.15) is 17.2 Å². The maximum absolute atomic E-state index is 9.72. The van der Waals surface area contributed by atoms with E-state index in [-0.39, 0.29) is 6.10 Å². The van der Waals surface area contributed by atoms with Crippen LogP contribution in [-0.4, -0.2) is 39.1 Å². The Morgan fingerprint density at radius 2 is 1.70 bits per heavy atom. The second-order valence-corrected chi connectivity index (χ2v) is 4.58. The quantitative estimate of drug-likeness (QED) is 0.725. The molecule has 5 nitrogen and oxygen atoms in total. The first-order chi connectivity index (χ1) is 9.65. The molecule has 0 saturated carbocycles. The van der Waals surface area contributed by atoms with Crippen molar-refractivity contribution in [1.29, 1.82) is 0 Å². The maximum atomic E-state index is 9.72. The van der Waals surface area contributed by atoms with Gasteiger partial charge >= 0.3 is 0 Å². The first-order valence-corrected chi connectivity index (χ1v) is 6.83. The Kier molecular flexibility index (Phi) is 7.18. The molecule has 114 valence electrons. The molecule has 0 heterocycles. The summed E-state index contributed by atoms with van der Waals surface area (Å²) in [5, 5.41) is 12.9. The van der Waals surface area contributed by atoms with Crippen LogP contribution >= 0.6 is 0 Å². The number of ether oxygens (including phenoxy) is 3. The van der Waals surface area contributed by atoms with Gasteiger partial charge in [-0.25, -0.2) is 0 Å². The van der Waals surface area contributed by atoms with Crippen LogP contribution in [0, 0.1) is 0 Å². The molecule has 1 unspecified atom stereocenters. The lowest BCUT2D eigenvalue weighted by atomic mass is 10.1. The first kappa shape index (κ1) is 16.6. The molecule has 0 aromatic heterocycles. The van der Waals surface area contributed by atoms with Crippen LogP contribution in [0.1, 0.15) is 25.3 Å². The molecule has 20 heavy (non-hydrogen) atoms. The number of hydrogen-bond donors (Lipinski definition) is 2. The average Bonchev–Trinajstić information content (AvgIpc) is 2.47. The van der Waals surface area contributed by atoms with E-state index in [4.69, 9.17) is 14.2 Å². The first-order valence-electron chi connectivity index (χ1n) is 6.83. The van der Waals surface area contributed by atoms with E-state index in [1.807, 2.05) is 12.1 Å². The van der Waals surface area contributed by atoms with Gasteiger partial charge in [-0.15, -0.1) is 0 Å². The van der Waals surface area contributed by atoms with Crippen molar-refractivity contribution in [3.8, 4) is 17.2 Å². The van der Waals surface area contributed by atoms with Gasteiger partial charge in [-0.05, 0) is 6.42 Å². The molecule has 0 spiro atoms. The Balaban J connectivity index is 2.77. The molecular formula is C15H25NO4. The summed E-state index contributed by atoms with van der Waals surface area (Å²) in [4.78, 5) is 0. The van der Waals surface area contributed by atoms with Gasteiger partial charge < -0.3 is 24.6 Å². The predicted octanol–water partition coefficient (Wildman–Crippen LogP) is 1.96. The molecule has 0 bridgehead atoms. The van der Waals surface area contributed by atoms with E-state index in [0.29, 0.717) is 30.3 Å². The van der Waals surface area contributed by atoms with Gasteiger partial charge in [0.2, 0.25) is 0 Å². The minimum atomic E-state index is -0.324. The van der Waals surface area contributed by atoms with Crippen LogP contribution in [0.15, 0.2) is 12.1 Å². The van der Waals surface area contributed by atoms with E-state index < -0.39 is 0 Å². The number of aliphatic hydroxyl groups excluding tert-OH is 1. The van der Waals surface area contributed by atoms with Crippen molar-refractivity contribution in [3.05, 3.63) is 17.7 Å². The van der Waals surface area contributed by atoms with Gasteiger partial charge in [0, 0.05) is 25.2 Å². The van der Waals surface area contributed by atoms with Crippen molar-refractivity contribution < 1.29 is 19.3 Å². The van der Waals surface area contributed by atoms with Crippen LogP contribution in [0.5, 0.6) is 17.2 Å². The monoisotopic (exact) mass is 283 g/mol. The molecule has 1 aromatic rings. The predicted molar refractivity (Wildman–Crippen MR) is 78.7 cm³/mol. The highest BCUT2D eigenvalue weighted by Crippen LogP contribution is 2.33. The van der Waals surface area contributed by atoms with Gasteiger partial charge in [0.15, 0.2) is 0 Å². The minimum Gasteiger partial charge on any atom is -0.496 e. The highest BCUT2D eigenvalue weighted by molar-refractivity contribution is 5.50. The summed E-state index contributed by atoms with van der Waals surface area (Å²) in [6.07, 6.45) is 1.44. The largest absolute Gasteiger partial charge is 0.496 e. The number of methoxy groups -OCH3 is 3. The zero-order valence-electron chi connectivity index (χ0n) is 12.7. The third-order valence-electron chi connectivity index (χ3n) is 3.12. The lowest BCUT2D eigenvalue weighted by molar-refractivity contribution is 0.160. The SMILES string of the molecule is CCCC(O)CNCc1c(OC)cc(OC)cc1OC. The van der Waals surface area contributed by atoms with Gasteiger partial charge in [0.05, 0.1) is 33.0 Å². The van der Waals surface area contributed by atoms with Crippen LogP contribution < -0.4 is 19.5 Å². The van der Waals surface area contributed by atoms with Crippen molar-refractivity contribution in [2.24, 2.45) is 0 Å². The van der Waals surface area contributed by atoms with Gasteiger partial charge in [-0.1, -0.05) is 13.3 Å². The highest BCUT2D eigenvalue weighted by atomic mass is 16.5. The van der Waals surface area contributed by atoms with Crippen LogP contribution in [0.2, 0.25) is 0 Å².